The molecule has 1 fully saturated rings. The molecule has 30 heavy (non-hydrogen) atoms. The number of likely N-dealkylation sites (tertiary alicyclic amines) is 1. The number of carbonyl (C=O) groups excluding carboxylic acids is 2. The number of anilines is 2. The minimum atomic E-state index is -4.48. The highest BCUT2D eigenvalue weighted by atomic mass is 19.4. The van der Waals surface area contributed by atoms with Crippen LogP contribution in [0.4, 0.5) is 24.5 Å². The van der Waals surface area contributed by atoms with Crippen molar-refractivity contribution in [2.24, 2.45) is 5.92 Å². The van der Waals surface area contributed by atoms with Crippen molar-refractivity contribution in [1.29, 1.82) is 0 Å². The van der Waals surface area contributed by atoms with E-state index in [1.54, 1.807) is 24.3 Å². The molecule has 0 radical (unpaired) electrons. The molecule has 0 aromatic heterocycles. The van der Waals surface area contributed by atoms with Gasteiger partial charge in [-0.15, -0.1) is 0 Å². The second-order valence-electron chi connectivity index (χ2n) is 7.53. The van der Waals surface area contributed by atoms with Crippen LogP contribution in [0.25, 0.3) is 0 Å². The summed E-state index contributed by atoms with van der Waals surface area (Å²) < 4.78 is 38.5. The largest absolute Gasteiger partial charge is 0.416 e. The van der Waals surface area contributed by atoms with Gasteiger partial charge in [-0.05, 0) is 55.2 Å². The Hall–Kier alpha value is -3.03. The molecule has 160 valence electrons. The minimum Gasteiger partial charge on any atom is -0.376 e. The quantitative estimate of drug-likeness (QED) is 0.743. The van der Waals surface area contributed by atoms with Crippen LogP contribution < -0.4 is 10.6 Å². The number of benzene rings is 2. The third-order valence-electron chi connectivity index (χ3n) is 5.15. The zero-order chi connectivity index (χ0) is 21.7. The van der Waals surface area contributed by atoms with Gasteiger partial charge in [-0.25, -0.2) is 0 Å². The highest BCUT2D eigenvalue weighted by molar-refractivity contribution is 6.04. The van der Waals surface area contributed by atoms with Gasteiger partial charge in [-0.2, -0.15) is 13.2 Å². The Morgan fingerprint density at radius 1 is 1.03 bits per heavy atom. The van der Waals surface area contributed by atoms with E-state index in [1.165, 1.54) is 12.1 Å². The average Bonchev–Trinajstić information content (AvgIpc) is 2.72. The minimum absolute atomic E-state index is 0.000667. The number of amides is 2. The van der Waals surface area contributed by atoms with Gasteiger partial charge in [0.25, 0.3) is 5.91 Å². The molecule has 1 heterocycles. The van der Waals surface area contributed by atoms with Crippen LogP contribution in [0, 0.1) is 5.92 Å². The van der Waals surface area contributed by atoms with Gasteiger partial charge >= 0.3 is 6.18 Å². The molecule has 2 aromatic rings. The van der Waals surface area contributed by atoms with Gasteiger partial charge in [0, 0.05) is 30.0 Å². The molecule has 1 saturated heterocycles. The van der Waals surface area contributed by atoms with Gasteiger partial charge in [0.05, 0.1) is 12.1 Å². The van der Waals surface area contributed by atoms with E-state index < -0.39 is 17.6 Å². The smallest absolute Gasteiger partial charge is 0.376 e. The summed E-state index contributed by atoms with van der Waals surface area (Å²) in [5.74, 6) is 0.101. The molecule has 0 spiro atoms. The van der Waals surface area contributed by atoms with Crippen LogP contribution in [0.5, 0.6) is 0 Å². The number of alkyl halides is 3. The molecular formula is C22H24F3N3O2. The Morgan fingerprint density at radius 3 is 2.40 bits per heavy atom. The molecule has 3 rings (SSSR count). The first-order valence-electron chi connectivity index (χ1n) is 9.82. The summed E-state index contributed by atoms with van der Waals surface area (Å²) in [6.07, 6.45) is -2.49. The lowest BCUT2D eigenvalue weighted by atomic mass is 9.99. The van der Waals surface area contributed by atoms with Gasteiger partial charge in [-0.3, -0.25) is 9.59 Å². The van der Waals surface area contributed by atoms with E-state index in [-0.39, 0.29) is 23.7 Å². The molecule has 2 amide bonds. The predicted molar refractivity (Wildman–Crippen MR) is 109 cm³/mol. The van der Waals surface area contributed by atoms with E-state index in [9.17, 15) is 22.8 Å². The molecule has 1 aliphatic rings. The number of piperidine rings is 1. The van der Waals surface area contributed by atoms with Gasteiger partial charge in [-0.1, -0.05) is 19.1 Å². The Kier molecular flexibility index (Phi) is 6.64. The van der Waals surface area contributed by atoms with Crippen LogP contribution in [-0.4, -0.2) is 36.3 Å². The number of hydrogen-bond acceptors (Lipinski definition) is 3. The maximum absolute atomic E-state index is 12.8. The van der Waals surface area contributed by atoms with Crippen molar-refractivity contribution in [3.8, 4) is 0 Å². The van der Waals surface area contributed by atoms with Crippen molar-refractivity contribution in [2.75, 3.05) is 30.3 Å². The first-order valence-corrected chi connectivity index (χ1v) is 9.82. The fraction of sp³-hybridized carbons (Fsp3) is 0.364. The van der Waals surface area contributed by atoms with Crippen molar-refractivity contribution in [1.82, 2.24) is 4.90 Å². The summed E-state index contributed by atoms with van der Waals surface area (Å²) in [7, 11) is 0. The van der Waals surface area contributed by atoms with E-state index in [0.717, 1.165) is 38.1 Å². The molecule has 0 atom stereocenters. The number of hydrogen-bond donors (Lipinski definition) is 2. The molecular weight excluding hydrogens is 395 g/mol. The molecule has 0 aliphatic carbocycles. The Labute approximate surface area is 173 Å². The Morgan fingerprint density at radius 2 is 1.70 bits per heavy atom. The van der Waals surface area contributed by atoms with Gasteiger partial charge < -0.3 is 15.5 Å². The predicted octanol–water partition coefficient (Wildman–Crippen LogP) is 4.63. The van der Waals surface area contributed by atoms with Crippen LogP contribution in [-0.2, 0) is 11.0 Å². The summed E-state index contributed by atoms with van der Waals surface area (Å²) in [5.41, 5.74) is 0.0890. The average molecular weight is 419 g/mol. The van der Waals surface area contributed by atoms with E-state index in [1.807, 2.05) is 4.90 Å². The monoisotopic (exact) mass is 419 g/mol. The van der Waals surface area contributed by atoms with E-state index in [4.69, 9.17) is 0 Å². The summed E-state index contributed by atoms with van der Waals surface area (Å²) in [5, 5.41) is 5.50. The SMILES string of the molecule is CC1CCN(C(=O)CNc2cccc(C(=O)Nc3cccc(C(F)(F)F)c3)c2)CC1. The van der Waals surface area contributed by atoms with Crippen molar-refractivity contribution < 1.29 is 22.8 Å². The van der Waals surface area contributed by atoms with Crippen LogP contribution in [0.1, 0.15) is 35.7 Å². The van der Waals surface area contributed by atoms with Gasteiger partial charge in [0.1, 0.15) is 0 Å². The summed E-state index contributed by atoms with van der Waals surface area (Å²) in [4.78, 5) is 26.6. The fourth-order valence-corrected chi connectivity index (χ4v) is 3.29. The third kappa shape index (κ3) is 5.75. The first-order chi connectivity index (χ1) is 14.2. The lowest BCUT2D eigenvalue weighted by Crippen LogP contribution is -2.40. The van der Waals surface area contributed by atoms with Gasteiger partial charge in [0.15, 0.2) is 0 Å². The molecule has 0 bridgehead atoms. The van der Waals surface area contributed by atoms with Crippen LogP contribution in [0.2, 0.25) is 0 Å². The number of nitrogens with one attached hydrogen (secondary N) is 2. The molecule has 1 aliphatic heterocycles. The maximum atomic E-state index is 12.8. The molecule has 0 saturated carbocycles. The molecule has 5 nitrogen and oxygen atoms in total. The summed E-state index contributed by atoms with van der Waals surface area (Å²) in [6, 6.07) is 11.0. The van der Waals surface area contributed by atoms with Crippen molar-refractivity contribution >= 4 is 23.2 Å². The van der Waals surface area contributed by atoms with Crippen LogP contribution >= 0.6 is 0 Å². The van der Waals surface area contributed by atoms with Crippen molar-refractivity contribution in [3.63, 3.8) is 0 Å². The normalized spacial score (nSPS) is 15.0. The van der Waals surface area contributed by atoms with Gasteiger partial charge in [0.2, 0.25) is 5.91 Å². The Bertz CT molecular complexity index is 906. The van der Waals surface area contributed by atoms with Crippen molar-refractivity contribution in [2.45, 2.75) is 25.9 Å². The number of halogens is 3. The topological polar surface area (TPSA) is 61.4 Å². The van der Waals surface area contributed by atoms with E-state index >= 15 is 0 Å². The first kappa shape index (κ1) is 21.7. The molecule has 2 aromatic carbocycles. The highest BCUT2D eigenvalue weighted by Crippen LogP contribution is 2.30. The summed E-state index contributed by atoms with van der Waals surface area (Å²) in [6.45, 7) is 3.80. The number of carbonyl (C=O) groups is 2. The maximum Gasteiger partial charge on any atom is 0.416 e. The highest BCUT2D eigenvalue weighted by Gasteiger charge is 2.30. The van der Waals surface area contributed by atoms with E-state index in [0.29, 0.717) is 11.6 Å². The number of rotatable bonds is 5. The third-order valence-corrected chi connectivity index (χ3v) is 5.15. The standard InChI is InChI=1S/C22H24F3N3O2/c1-15-8-10-28(11-9-15)20(29)14-26-18-6-2-4-16(12-18)21(30)27-19-7-3-5-17(13-19)22(23,24)25/h2-7,12-13,15,26H,8-11,14H2,1H3,(H,27,30). The lowest BCUT2D eigenvalue weighted by molar-refractivity contribution is -0.137. The van der Waals surface area contributed by atoms with E-state index in [2.05, 4.69) is 17.6 Å². The van der Waals surface area contributed by atoms with Crippen LogP contribution in [0.15, 0.2) is 48.5 Å². The zero-order valence-electron chi connectivity index (χ0n) is 16.6. The van der Waals surface area contributed by atoms with Crippen molar-refractivity contribution in [3.05, 3.63) is 59.7 Å². The second kappa shape index (κ2) is 9.19. The molecule has 2 N–H and O–H groups in total. The molecule has 8 heteroatoms. The van der Waals surface area contributed by atoms with Crippen LogP contribution in [0.3, 0.4) is 0 Å². The second-order valence-corrected chi connectivity index (χ2v) is 7.53. The zero-order valence-corrected chi connectivity index (χ0v) is 16.6. The molecule has 0 unspecified atom stereocenters. The fourth-order valence-electron chi connectivity index (χ4n) is 3.29. The Balaban J connectivity index is 1.59. The number of nitrogens with zero attached hydrogens (tertiary/aromatic N) is 1. The lowest BCUT2D eigenvalue weighted by Gasteiger charge is -2.30. The summed E-state index contributed by atoms with van der Waals surface area (Å²) >= 11 is 0.